The SMILES string of the molecule is CNCC#Cc1cc(F)ncc1C. The summed E-state index contributed by atoms with van der Waals surface area (Å²) in [7, 11) is 1.81. The lowest BCUT2D eigenvalue weighted by molar-refractivity contribution is 0.582. The van der Waals surface area contributed by atoms with Gasteiger partial charge < -0.3 is 5.32 Å². The van der Waals surface area contributed by atoms with E-state index in [9.17, 15) is 4.39 Å². The standard InChI is InChI=1S/C10H11FN2/c1-8-7-13-10(11)6-9(8)4-3-5-12-2/h6-7,12H,5H2,1-2H3. The van der Waals surface area contributed by atoms with Gasteiger partial charge in [-0.05, 0) is 19.5 Å². The topological polar surface area (TPSA) is 24.9 Å². The number of nitrogens with one attached hydrogen (secondary N) is 1. The Balaban J connectivity index is 2.89. The maximum Gasteiger partial charge on any atom is 0.214 e. The van der Waals surface area contributed by atoms with Crippen molar-refractivity contribution in [3.8, 4) is 11.8 Å². The van der Waals surface area contributed by atoms with Crippen molar-refractivity contribution in [3.63, 3.8) is 0 Å². The molecule has 3 heteroatoms. The number of rotatable bonds is 1. The van der Waals surface area contributed by atoms with Crippen molar-refractivity contribution >= 4 is 0 Å². The maximum atomic E-state index is 12.7. The first-order valence-corrected chi connectivity index (χ1v) is 3.99. The summed E-state index contributed by atoms with van der Waals surface area (Å²) in [5.41, 5.74) is 1.59. The molecule has 0 saturated heterocycles. The van der Waals surface area contributed by atoms with Crippen molar-refractivity contribution in [1.29, 1.82) is 0 Å². The minimum absolute atomic E-state index is 0.487. The van der Waals surface area contributed by atoms with Crippen LogP contribution in [0.15, 0.2) is 12.3 Å². The Morgan fingerprint density at radius 2 is 2.38 bits per heavy atom. The number of hydrogen-bond donors (Lipinski definition) is 1. The highest BCUT2D eigenvalue weighted by molar-refractivity contribution is 5.39. The summed E-state index contributed by atoms with van der Waals surface area (Å²) >= 11 is 0. The Hall–Kier alpha value is -1.40. The number of aromatic nitrogens is 1. The predicted octanol–water partition coefficient (Wildman–Crippen LogP) is 1.10. The molecule has 2 nitrogen and oxygen atoms in total. The Labute approximate surface area is 77.2 Å². The molecule has 0 aliphatic rings. The Morgan fingerprint density at radius 3 is 3.08 bits per heavy atom. The van der Waals surface area contributed by atoms with Crippen LogP contribution in [-0.2, 0) is 0 Å². The normalized spacial score (nSPS) is 9.15. The third-order valence-electron chi connectivity index (χ3n) is 1.56. The van der Waals surface area contributed by atoms with Crippen LogP contribution in [0.3, 0.4) is 0 Å². The maximum absolute atomic E-state index is 12.7. The van der Waals surface area contributed by atoms with Crippen molar-refractivity contribution in [2.75, 3.05) is 13.6 Å². The predicted molar refractivity (Wildman–Crippen MR) is 49.7 cm³/mol. The van der Waals surface area contributed by atoms with Crippen LogP contribution < -0.4 is 5.32 Å². The Bertz CT molecular complexity index is 350. The molecule has 1 aromatic rings. The van der Waals surface area contributed by atoms with Crippen molar-refractivity contribution < 1.29 is 4.39 Å². The van der Waals surface area contributed by atoms with Gasteiger partial charge in [-0.3, -0.25) is 0 Å². The molecule has 0 amide bonds. The van der Waals surface area contributed by atoms with Gasteiger partial charge >= 0.3 is 0 Å². The lowest BCUT2D eigenvalue weighted by Gasteiger charge is -1.95. The molecule has 1 aromatic heterocycles. The van der Waals surface area contributed by atoms with Crippen LogP contribution >= 0.6 is 0 Å². The molecule has 0 atom stereocenters. The number of hydrogen-bond acceptors (Lipinski definition) is 2. The molecule has 1 rings (SSSR count). The highest BCUT2D eigenvalue weighted by Crippen LogP contribution is 2.05. The molecule has 0 radical (unpaired) electrons. The van der Waals surface area contributed by atoms with Crippen molar-refractivity contribution in [3.05, 3.63) is 29.3 Å². The zero-order chi connectivity index (χ0) is 9.68. The number of nitrogens with zero attached hydrogens (tertiary/aromatic N) is 1. The molecule has 1 heterocycles. The third-order valence-corrected chi connectivity index (χ3v) is 1.56. The first-order chi connectivity index (χ1) is 6.24. The molecule has 1 N–H and O–H groups in total. The number of pyridine rings is 1. The van der Waals surface area contributed by atoms with E-state index < -0.39 is 5.95 Å². The first-order valence-electron chi connectivity index (χ1n) is 3.99. The van der Waals surface area contributed by atoms with E-state index in [2.05, 4.69) is 22.1 Å². The molecule has 0 unspecified atom stereocenters. The van der Waals surface area contributed by atoms with Crippen molar-refractivity contribution in [2.45, 2.75) is 6.92 Å². The summed E-state index contributed by atoms with van der Waals surface area (Å²) in [4.78, 5) is 3.52. The van der Waals surface area contributed by atoms with Gasteiger partial charge in [0.15, 0.2) is 0 Å². The van der Waals surface area contributed by atoms with Crippen LogP contribution in [-0.4, -0.2) is 18.6 Å². The zero-order valence-electron chi connectivity index (χ0n) is 7.69. The fourth-order valence-corrected chi connectivity index (χ4v) is 0.861. The van der Waals surface area contributed by atoms with Gasteiger partial charge in [-0.2, -0.15) is 4.39 Å². The van der Waals surface area contributed by atoms with Crippen LogP contribution in [0.25, 0.3) is 0 Å². The van der Waals surface area contributed by atoms with Crippen molar-refractivity contribution in [2.24, 2.45) is 0 Å². The lowest BCUT2D eigenvalue weighted by atomic mass is 10.2. The van der Waals surface area contributed by atoms with Crippen LogP contribution in [0.2, 0.25) is 0 Å². The van der Waals surface area contributed by atoms with E-state index in [0.29, 0.717) is 12.1 Å². The molecule has 0 fully saturated rings. The van der Waals surface area contributed by atoms with E-state index in [1.807, 2.05) is 14.0 Å². The summed E-state index contributed by atoms with van der Waals surface area (Å²) in [6.07, 6.45) is 1.48. The number of halogens is 1. The highest BCUT2D eigenvalue weighted by Gasteiger charge is 1.96. The average molecular weight is 178 g/mol. The minimum atomic E-state index is -0.487. The Morgan fingerprint density at radius 1 is 1.62 bits per heavy atom. The molecular formula is C10H11FN2. The van der Waals surface area contributed by atoms with Gasteiger partial charge in [0.2, 0.25) is 5.95 Å². The van der Waals surface area contributed by atoms with Gasteiger partial charge in [-0.15, -0.1) is 0 Å². The van der Waals surface area contributed by atoms with E-state index >= 15 is 0 Å². The monoisotopic (exact) mass is 178 g/mol. The van der Waals surface area contributed by atoms with E-state index in [-0.39, 0.29) is 0 Å². The van der Waals surface area contributed by atoms with Crippen molar-refractivity contribution in [1.82, 2.24) is 10.3 Å². The first kappa shape index (κ1) is 9.69. The summed E-state index contributed by atoms with van der Waals surface area (Å²) in [6.45, 7) is 2.46. The van der Waals surface area contributed by atoms with Crippen LogP contribution in [0, 0.1) is 24.7 Å². The highest BCUT2D eigenvalue weighted by atomic mass is 19.1. The van der Waals surface area contributed by atoms with Crippen LogP contribution in [0.5, 0.6) is 0 Å². The quantitative estimate of drug-likeness (QED) is 0.514. The second-order valence-corrected chi connectivity index (χ2v) is 2.65. The summed E-state index contributed by atoms with van der Waals surface area (Å²) in [6, 6.07) is 1.35. The second-order valence-electron chi connectivity index (χ2n) is 2.65. The number of aryl methyl sites for hydroxylation is 1. The van der Waals surface area contributed by atoms with E-state index in [1.165, 1.54) is 12.3 Å². The molecule has 0 bridgehead atoms. The Kier molecular flexibility index (Phi) is 3.41. The van der Waals surface area contributed by atoms with Crippen LogP contribution in [0.1, 0.15) is 11.1 Å². The van der Waals surface area contributed by atoms with E-state index in [0.717, 1.165) is 5.56 Å². The molecule has 13 heavy (non-hydrogen) atoms. The molecule has 0 aliphatic carbocycles. The fourth-order valence-electron chi connectivity index (χ4n) is 0.861. The summed E-state index contributed by atoms with van der Waals surface area (Å²) < 4.78 is 12.7. The van der Waals surface area contributed by atoms with Gasteiger partial charge in [0.1, 0.15) is 0 Å². The molecule has 0 aliphatic heterocycles. The fraction of sp³-hybridized carbons (Fsp3) is 0.300. The van der Waals surface area contributed by atoms with Gasteiger partial charge in [0.05, 0.1) is 6.54 Å². The average Bonchev–Trinajstić information content (AvgIpc) is 2.11. The third kappa shape index (κ3) is 2.85. The smallest absolute Gasteiger partial charge is 0.214 e. The summed E-state index contributed by atoms with van der Waals surface area (Å²) in [5, 5.41) is 2.89. The van der Waals surface area contributed by atoms with E-state index in [1.54, 1.807) is 0 Å². The lowest BCUT2D eigenvalue weighted by Crippen LogP contribution is -2.04. The summed E-state index contributed by atoms with van der Waals surface area (Å²) in [5.74, 6) is 5.24. The van der Waals surface area contributed by atoms with Gasteiger partial charge in [-0.25, -0.2) is 4.98 Å². The van der Waals surface area contributed by atoms with Gasteiger partial charge in [-0.1, -0.05) is 11.8 Å². The largest absolute Gasteiger partial charge is 0.309 e. The molecular weight excluding hydrogens is 167 g/mol. The van der Waals surface area contributed by atoms with Gasteiger partial charge in [0, 0.05) is 17.8 Å². The molecule has 0 saturated carbocycles. The minimum Gasteiger partial charge on any atom is -0.309 e. The zero-order valence-corrected chi connectivity index (χ0v) is 7.69. The second kappa shape index (κ2) is 4.58. The van der Waals surface area contributed by atoms with E-state index in [4.69, 9.17) is 0 Å². The van der Waals surface area contributed by atoms with Gasteiger partial charge in [0.25, 0.3) is 0 Å². The molecule has 68 valence electrons. The molecule has 0 aromatic carbocycles. The van der Waals surface area contributed by atoms with Crippen LogP contribution in [0.4, 0.5) is 4.39 Å². The molecule has 0 spiro atoms.